The number of aliphatic carboxylic acids is 1. The first-order chi connectivity index (χ1) is 8.66. The maximum Gasteiger partial charge on any atom is 0.248 e. The molecule has 0 aliphatic rings. The molecule has 1 amide bonds. The molecule has 0 saturated carbocycles. The fourth-order valence-corrected chi connectivity index (χ4v) is 1.52. The van der Waals surface area contributed by atoms with E-state index in [2.05, 4.69) is 10.3 Å². The molecule has 5 heteroatoms. The average molecular weight is 241 g/mol. The van der Waals surface area contributed by atoms with E-state index in [4.69, 9.17) is 0 Å². The van der Waals surface area contributed by atoms with Crippen LogP contribution < -0.4 is 10.4 Å². The molecule has 1 heterocycles. The van der Waals surface area contributed by atoms with Crippen LogP contribution in [0.25, 0.3) is 10.9 Å². The van der Waals surface area contributed by atoms with Crippen molar-refractivity contribution < 1.29 is 14.7 Å². The number of carboxylic acid groups (broad SMARTS) is 1. The lowest BCUT2D eigenvalue weighted by atomic mass is 10.2. The van der Waals surface area contributed by atoms with Crippen molar-refractivity contribution in [3.8, 4) is 0 Å². The van der Waals surface area contributed by atoms with E-state index in [9.17, 15) is 14.7 Å². The third-order valence-corrected chi connectivity index (χ3v) is 2.26. The van der Waals surface area contributed by atoms with Gasteiger partial charge >= 0.3 is 0 Å². The largest absolute Gasteiger partial charge is 0.545 e. The number of carboxylic acids is 1. The van der Waals surface area contributed by atoms with E-state index in [1.807, 2.05) is 12.1 Å². The standard InChI is InChI=1S/C13H10N2O3/c16-11(6-7-12(17)18)15-10-5-1-3-9-4-2-8-14-13(9)10/h1-8H,(H,15,16)(H,17,18)/p-1/b7-6-. The van der Waals surface area contributed by atoms with Gasteiger partial charge in [0, 0.05) is 17.7 Å². The highest BCUT2D eigenvalue weighted by molar-refractivity contribution is 6.06. The molecule has 0 unspecified atom stereocenters. The van der Waals surface area contributed by atoms with Gasteiger partial charge in [-0.1, -0.05) is 18.2 Å². The van der Waals surface area contributed by atoms with Crippen molar-refractivity contribution in [3.05, 3.63) is 48.7 Å². The topological polar surface area (TPSA) is 82.1 Å². The van der Waals surface area contributed by atoms with Crippen LogP contribution in [0.15, 0.2) is 48.7 Å². The summed E-state index contributed by atoms with van der Waals surface area (Å²) in [6.45, 7) is 0. The predicted molar refractivity (Wildman–Crippen MR) is 64.5 cm³/mol. The molecule has 0 saturated heterocycles. The van der Waals surface area contributed by atoms with Crippen LogP contribution in [-0.4, -0.2) is 16.9 Å². The van der Waals surface area contributed by atoms with Gasteiger partial charge in [-0.25, -0.2) is 0 Å². The number of amides is 1. The molecule has 1 N–H and O–H groups in total. The number of hydrogen-bond donors (Lipinski definition) is 1. The Hall–Kier alpha value is -2.69. The van der Waals surface area contributed by atoms with Gasteiger partial charge in [-0.3, -0.25) is 9.78 Å². The van der Waals surface area contributed by atoms with Crippen LogP contribution in [0, 0.1) is 0 Å². The summed E-state index contributed by atoms with van der Waals surface area (Å²) >= 11 is 0. The van der Waals surface area contributed by atoms with Crippen molar-refractivity contribution >= 4 is 28.5 Å². The Kier molecular flexibility index (Phi) is 3.33. The molecular weight excluding hydrogens is 232 g/mol. The first-order valence-electron chi connectivity index (χ1n) is 5.20. The summed E-state index contributed by atoms with van der Waals surface area (Å²) in [5.41, 5.74) is 1.18. The van der Waals surface area contributed by atoms with Crippen LogP contribution in [0.1, 0.15) is 0 Å². The second kappa shape index (κ2) is 5.09. The van der Waals surface area contributed by atoms with Crippen LogP contribution in [0.4, 0.5) is 5.69 Å². The lowest BCUT2D eigenvalue weighted by Crippen LogP contribution is -2.20. The number of rotatable bonds is 3. The van der Waals surface area contributed by atoms with Crippen LogP contribution >= 0.6 is 0 Å². The van der Waals surface area contributed by atoms with E-state index < -0.39 is 11.9 Å². The second-order valence-electron chi connectivity index (χ2n) is 3.52. The Morgan fingerprint density at radius 1 is 1.17 bits per heavy atom. The number of para-hydroxylation sites is 1. The van der Waals surface area contributed by atoms with E-state index in [1.54, 1.807) is 24.4 Å². The molecule has 0 spiro atoms. The van der Waals surface area contributed by atoms with Crippen molar-refractivity contribution in [1.29, 1.82) is 0 Å². The lowest BCUT2D eigenvalue weighted by Gasteiger charge is -2.05. The lowest BCUT2D eigenvalue weighted by molar-refractivity contribution is -0.297. The summed E-state index contributed by atoms with van der Waals surface area (Å²) in [4.78, 5) is 25.8. The summed E-state index contributed by atoms with van der Waals surface area (Å²) in [5, 5.41) is 13.6. The molecular formula is C13H9N2O3-. The number of aromatic nitrogens is 1. The third-order valence-electron chi connectivity index (χ3n) is 2.26. The normalized spacial score (nSPS) is 10.7. The quantitative estimate of drug-likeness (QED) is 0.792. The van der Waals surface area contributed by atoms with Crippen LogP contribution in [-0.2, 0) is 9.59 Å². The van der Waals surface area contributed by atoms with Crippen LogP contribution in [0.2, 0.25) is 0 Å². The van der Waals surface area contributed by atoms with Gasteiger partial charge in [0.15, 0.2) is 0 Å². The van der Waals surface area contributed by atoms with Crippen molar-refractivity contribution in [2.24, 2.45) is 0 Å². The van der Waals surface area contributed by atoms with E-state index in [-0.39, 0.29) is 0 Å². The molecule has 18 heavy (non-hydrogen) atoms. The number of pyridine rings is 1. The molecule has 0 atom stereocenters. The van der Waals surface area contributed by atoms with Crippen molar-refractivity contribution in [3.63, 3.8) is 0 Å². The molecule has 5 nitrogen and oxygen atoms in total. The Morgan fingerprint density at radius 3 is 2.72 bits per heavy atom. The number of carbonyl (C=O) groups is 2. The molecule has 1 aromatic carbocycles. The second-order valence-corrected chi connectivity index (χ2v) is 3.52. The minimum Gasteiger partial charge on any atom is -0.545 e. The van der Waals surface area contributed by atoms with Gasteiger partial charge in [-0.05, 0) is 18.2 Å². The smallest absolute Gasteiger partial charge is 0.248 e. The minimum absolute atomic E-state index is 0.529. The number of nitrogens with one attached hydrogen (secondary N) is 1. The maximum absolute atomic E-state index is 11.4. The molecule has 1 aromatic heterocycles. The highest BCUT2D eigenvalue weighted by Crippen LogP contribution is 2.20. The molecule has 0 bridgehead atoms. The SMILES string of the molecule is O=C([O-])/C=C\C(=O)Nc1cccc2cccnc12. The molecule has 0 fully saturated rings. The monoisotopic (exact) mass is 241 g/mol. The molecule has 90 valence electrons. The van der Waals surface area contributed by atoms with E-state index in [0.29, 0.717) is 17.3 Å². The molecule has 2 aromatic rings. The van der Waals surface area contributed by atoms with Crippen molar-refractivity contribution in [2.45, 2.75) is 0 Å². The van der Waals surface area contributed by atoms with Gasteiger partial charge in [0.05, 0.1) is 17.2 Å². The summed E-state index contributed by atoms with van der Waals surface area (Å²) in [6.07, 6.45) is 3.19. The number of fused-ring (bicyclic) bond motifs is 1. The highest BCUT2D eigenvalue weighted by atomic mass is 16.4. The summed E-state index contributed by atoms with van der Waals surface area (Å²) in [5.74, 6) is -1.96. The molecule has 0 aliphatic carbocycles. The van der Waals surface area contributed by atoms with E-state index >= 15 is 0 Å². The third kappa shape index (κ3) is 2.70. The Bertz CT molecular complexity index is 630. The van der Waals surface area contributed by atoms with Gasteiger partial charge in [-0.2, -0.15) is 0 Å². The van der Waals surface area contributed by atoms with Crippen molar-refractivity contribution in [1.82, 2.24) is 4.98 Å². The number of nitrogens with zero attached hydrogens (tertiary/aromatic N) is 1. The first kappa shape index (κ1) is 11.8. The number of hydrogen-bond acceptors (Lipinski definition) is 4. The minimum atomic E-state index is -1.42. The fraction of sp³-hybridized carbons (Fsp3) is 0. The zero-order chi connectivity index (χ0) is 13.0. The molecule has 0 radical (unpaired) electrons. The molecule has 2 rings (SSSR count). The highest BCUT2D eigenvalue weighted by Gasteiger charge is 2.03. The Labute approximate surface area is 103 Å². The van der Waals surface area contributed by atoms with Gasteiger partial charge in [0.1, 0.15) is 0 Å². The Balaban J connectivity index is 2.27. The zero-order valence-electron chi connectivity index (χ0n) is 9.29. The van der Waals surface area contributed by atoms with E-state index in [1.165, 1.54) is 0 Å². The first-order valence-corrected chi connectivity index (χ1v) is 5.20. The van der Waals surface area contributed by atoms with Crippen LogP contribution in [0.3, 0.4) is 0 Å². The Morgan fingerprint density at radius 2 is 1.94 bits per heavy atom. The zero-order valence-corrected chi connectivity index (χ0v) is 9.29. The summed E-state index contributed by atoms with van der Waals surface area (Å²) in [7, 11) is 0. The van der Waals surface area contributed by atoms with E-state index in [0.717, 1.165) is 11.5 Å². The summed E-state index contributed by atoms with van der Waals surface area (Å²) < 4.78 is 0. The summed E-state index contributed by atoms with van der Waals surface area (Å²) in [6, 6.07) is 9.01. The van der Waals surface area contributed by atoms with Crippen LogP contribution in [0.5, 0.6) is 0 Å². The molecule has 0 aliphatic heterocycles. The van der Waals surface area contributed by atoms with Gasteiger partial charge < -0.3 is 15.2 Å². The number of benzene rings is 1. The van der Waals surface area contributed by atoms with Gasteiger partial charge in [0.25, 0.3) is 0 Å². The number of anilines is 1. The fourth-order valence-electron chi connectivity index (χ4n) is 1.52. The maximum atomic E-state index is 11.4. The van der Waals surface area contributed by atoms with Gasteiger partial charge in [-0.15, -0.1) is 0 Å². The predicted octanol–water partition coefficient (Wildman–Crippen LogP) is 0.479. The number of carbonyl (C=O) groups excluding carboxylic acids is 2. The van der Waals surface area contributed by atoms with Crippen molar-refractivity contribution in [2.75, 3.05) is 5.32 Å². The van der Waals surface area contributed by atoms with Gasteiger partial charge in [0.2, 0.25) is 5.91 Å². The average Bonchev–Trinajstić information content (AvgIpc) is 2.37.